The van der Waals surface area contributed by atoms with Crippen molar-refractivity contribution >= 4 is 11.6 Å². The topological polar surface area (TPSA) is 55.8 Å². The fourth-order valence-electron chi connectivity index (χ4n) is 6.68. The molecule has 0 aromatic heterocycles. The Morgan fingerprint density at radius 1 is 0.821 bits per heavy atom. The van der Waals surface area contributed by atoms with Crippen LogP contribution in [0, 0.1) is 10.8 Å². The maximum absolute atomic E-state index is 14.0. The normalized spacial score (nSPS) is 20.6. The van der Waals surface area contributed by atoms with E-state index in [1.165, 1.54) is 5.56 Å². The average Bonchev–Trinajstić information content (AvgIpc) is 2.87. The van der Waals surface area contributed by atoms with E-state index in [1.54, 1.807) is 7.11 Å². The third kappa shape index (κ3) is 5.28. The van der Waals surface area contributed by atoms with Crippen LogP contribution >= 0.6 is 0 Å². The predicted octanol–water partition coefficient (Wildman–Crippen LogP) is 7.02. The molecular weight excluding hydrogens is 486 g/mol. The number of allylic oxidation sites excluding steroid dienone is 4. The zero-order chi connectivity index (χ0) is 27.9. The van der Waals surface area contributed by atoms with E-state index in [-0.39, 0.29) is 28.3 Å². The van der Waals surface area contributed by atoms with Gasteiger partial charge >= 0.3 is 0 Å². The molecule has 2 aromatic rings. The quantitative estimate of drug-likeness (QED) is 0.387. The second-order valence-corrected chi connectivity index (χ2v) is 12.8. The van der Waals surface area contributed by atoms with Crippen LogP contribution in [-0.2, 0) is 16.0 Å². The van der Waals surface area contributed by atoms with E-state index in [0.717, 1.165) is 53.9 Å². The number of carbonyl (C=O) groups excluding carboxylic acids is 2. The molecule has 0 amide bonds. The third-order valence-electron chi connectivity index (χ3n) is 8.31. The van der Waals surface area contributed by atoms with Crippen molar-refractivity contribution in [1.29, 1.82) is 0 Å². The number of nitrogens with zero attached hydrogens (tertiary/aromatic N) is 1. The molecule has 0 radical (unpaired) electrons. The molecule has 2 aliphatic carbocycles. The summed E-state index contributed by atoms with van der Waals surface area (Å²) in [6.45, 7) is 11.9. The zero-order valence-corrected chi connectivity index (χ0v) is 24.2. The first kappa shape index (κ1) is 27.2. The number of Topliss-reactive ketones (excluding diaryl/α,β-unsaturated/α-hetero) is 2. The van der Waals surface area contributed by atoms with Crippen LogP contribution in [0.2, 0.25) is 0 Å². The Bertz CT molecular complexity index is 1290. The molecule has 206 valence electrons. The molecule has 5 heteroatoms. The van der Waals surface area contributed by atoms with E-state index < -0.39 is 0 Å². The molecule has 5 nitrogen and oxygen atoms in total. The molecule has 0 saturated carbocycles. The smallest absolute Gasteiger partial charge is 0.162 e. The van der Waals surface area contributed by atoms with Crippen molar-refractivity contribution in [2.45, 2.75) is 72.6 Å². The number of ether oxygens (including phenoxy) is 2. The highest BCUT2D eigenvalue weighted by Gasteiger charge is 2.49. The molecule has 5 rings (SSSR count). The Morgan fingerprint density at radius 3 is 1.95 bits per heavy atom. The Labute approximate surface area is 232 Å². The van der Waals surface area contributed by atoms with Crippen LogP contribution in [0.15, 0.2) is 71.1 Å². The Hall–Kier alpha value is -3.34. The lowest BCUT2D eigenvalue weighted by atomic mass is 9.63. The average molecular weight is 528 g/mol. The van der Waals surface area contributed by atoms with Crippen molar-refractivity contribution < 1.29 is 19.1 Å². The molecule has 0 N–H and O–H groups in total. The molecule has 0 saturated heterocycles. The first-order chi connectivity index (χ1) is 18.5. The largest absolute Gasteiger partial charge is 0.493 e. The highest BCUT2D eigenvalue weighted by atomic mass is 16.5. The molecule has 3 aliphatic rings. The molecule has 0 atom stereocenters. The van der Waals surface area contributed by atoms with E-state index in [1.807, 2.05) is 31.2 Å². The molecule has 0 fully saturated rings. The van der Waals surface area contributed by atoms with E-state index in [0.29, 0.717) is 30.9 Å². The number of hydrogen-bond donors (Lipinski definition) is 0. The second kappa shape index (κ2) is 10.3. The monoisotopic (exact) mass is 527 g/mol. The first-order valence-electron chi connectivity index (χ1n) is 14.2. The molecule has 2 aromatic carbocycles. The van der Waals surface area contributed by atoms with Crippen LogP contribution in [0.1, 0.15) is 77.3 Å². The molecule has 39 heavy (non-hydrogen) atoms. The lowest BCUT2D eigenvalue weighted by Crippen LogP contribution is -2.45. The van der Waals surface area contributed by atoms with E-state index in [2.05, 4.69) is 56.9 Å². The van der Waals surface area contributed by atoms with Gasteiger partial charge in [-0.1, -0.05) is 64.1 Å². The number of rotatable bonds is 7. The summed E-state index contributed by atoms with van der Waals surface area (Å²) in [5.74, 6) is 1.19. The van der Waals surface area contributed by atoms with E-state index in [4.69, 9.17) is 9.47 Å². The maximum Gasteiger partial charge on any atom is 0.162 e. The van der Waals surface area contributed by atoms with E-state index >= 15 is 0 Å². The van der Waals surface area contributed by atoms with Gasteiger partial charge in [-0.05, 0) is 60.3 Å². The number of benzene rings is 2. The zero-order valence-electron chi connectivity index (χ0n) is 24.2. The summed E-state index contributed by atoms with van der Waals surface area (Å²) in [4.78, 5) is 30.4. The summed E-state index contributed by atoms with van der Waals surface area (Å²) < 4.78 is 11.5. The fraction of sp³-hybridized carbons (Fsp3) is 0.471. The minimum atomic E-state index is -0.389. The van der Waals surface area contributed by atoms with Gasteiger partial charge < -0.3 is 14.4 Å². The first-order valence-corrected chi connectivity index (χ1v) is 14.2. The summed E-state index contributed by atoms with van der Waals surface area (Å²) in [5.41, 5.74) is 5.65. The summed E-state index contributed by atoms with van der Waals surface area (Å²) in [6, 6.07) is 16.3. The van der Waals surface area contributed by atoms with Crippen molar-refractivity contribution in [2.75, 3.05) is 20.3 Å². The van der Waals surface area contributed by atoms with Gasteiger partial charge in [-0.25, -0.2) is 0 Å². The minimum Gasteiger partial charge on any atom is -0.493 e. The standard InChI is InChI=1S/C34H41NO4/c1-7-39-28-14-13-23(17-29(28)38-6)30-31-24(18-33(2,3)20-26(31)36)35(16-15-22-11-9-8-10-12-22)25-19-34(4,5)21-27(37)32(25)30/h8-14,17,30H,7,15-16,18-21H2,1-6H3. The van der Waals surface area contributed by atoms with Gasteiger partial charge in [-0.3, -0.25) is 9.59 Å². The highest BCUT2D eigenvalue weighted by molar-refractivity contribution is 6.06. The van der Waals surface area contributed by atoms with Crippen LogP contribution in [0.4, 0.5) is 0 Å². The van der Waals surface area contributed by atoms with Gasteiger partial charge in [0.05, 0.1) is 13.7 Å². The Morgan fingerprint density at radius 2 is 1.41 bits per heavy atom. The van der Waals surface area contributed by atoms with Crippen LogP contribution < -0.4 is 9.47 Å². The van der Waals surface area contributed by atoms with Gasteiger partial charge in [0, 0.05) is 47.8 Å². The van der Waals surface area contributed by atoms with Crippen molar-refractivity contribution in [3.63, 3.8) is 0 Å². The summed E-state index contributed by atoms with van der Waals surface area (Å²) in [6.07, 6.45) is 3.41. The van der Waals surface area contributed by atoms with Gasteiger partial charge in [0.1, 0.15) is 0 Å². The molecule has 1 aliphatic heterocycles. The summed E-state index contributed by atoms with van der Waals surface area (Å²) in [5, 5.41) is 0. The fourth-order valence-corrected chi connectivity index (χ4v) is 6.68. The highest BCUT2D eigenvalue weighted by Crippen LogP contribution is 2.55. The Kier molecular flexibility index (Phi) is 7.21. The van der Waals surface area contributed by atoms with Gasteiger partial charge in [0.25, 0.3) is 0 Å². The summed E-state index contributed by atoms with van der Waals surface area (Å²) >= 11 is 0. The van der Waals surface area contributed by atoms with Crippen molar-refractivity contribution in [3.05, 3.63) is 82.2 Å². The lowest BCUT2D eigenvalue weighted by Gasteiger charge is -2.49. The van der Waals surface area contributed by atoms with Crippen LogP contribution in [-0.4, -0.2) is 36.7 Å². The molecule has 0 bridgehead atoms. The van der Waals surface area contributed by atoms with Crippen molar-refractivity contribution in [3.8, 4) is 11.5 Å². The van der Waals surface area contributed by atoms with Crippen LogP contribution in [0.5, 0.6) is 11.5 Å². The summed E-state index contributed by atoms with van der Waals surface area (Å²) in [7, 11) is 1.63. The van der Waals surface area contributed by atoms with Crippen molar-refractivity contribution in [2.24, 2.45) is 10.8 Å². The van der Waals surface area contributed by atoms with Crippen LogP contribution in [0.3, 0.4) is 0 Å². The molecular formula is C34H41NO4. The SMILES string of the molecule is CCOc1ccc(C2C3=C(CC(C)(C)CC3=O)N(CCc3ccccc3)C3=C2C(=O)CC(C)(C)C3)cc1OC. The second-order valence-electron chi connectivity index (χ2n) is 12.8. The number of carbonyl (C=O) groups is 2. The lowest BCUT2D eigenvalue weighted by molar-refractivity contribution is -0.119. The number of hydrogen-bond acceptors (Lipinski definition) is 5. The van der Waals surface area contributed by atoms with E-state index in [9.17, 15) is 9.59 Å². The van der Waals surface area contributed by atoms with Gasteiger partial charge in [-0.2, -0.15) is 0 Å². The predicted molar refractivity (Wildman–Crippen MR) is 154 cm³/mol. The minimum absolute atomic E-state index is 0.145. The Balaban J connectivity index is 1.70. The molecule has 0 spiro atoms. The van der Waals surface area contributed by atoms with Gasteiger partial charge in [0.2, 0.25) is 0 Å². The molecule has 1 heterocycles. The third-order valence-corrected chi connectivity index (χ3v) is 8.31. The maximum atomic E-state index is 14.0. The van der Waals surface area contributed by atoms with Gasteiger partial charge in [0.15, 0.2) is 23.1 Å². The molecule has 0 unspecified atom stereocenters. The van der Waals surface area contributed by atoms with Crippen molar-refractivity contribution in [1.82, 2.24) is 4.90 Å². The number of ketones is 2. The van der Waals surface area contributed by atoms with Crippen LogP contribution in [0.25, 0.3) is 0 Å². The van der Waals surface area contributed by atoms with Gasteiger partial charge in [-0.15, -0.1) is 0 Å². The number of methoxy groups -OCH3 is 1.